The number of hydrogen-bond acceptors (Lipinski definition) is 6. The minimum atomic E-state index is -0.896. The van der Waals surface area contributed by atoms with Crippen molar-refractivity contribution in [1.29, 1.82) is 0 Å². The van der Waals surface area contributed by atoms with Gasteiger partial charge in [-0.3, -0.25) is 0 Å². The Kier molecular flexibility index (Phi) is 5.72. The molecule has 4 unspecified atom stereocenters. The molecule has 2 saturated heterocycles. The zero-order chi connectivity index (χ0) is 23.6. The number of rotatable bonds is 3. The van der Waals surface area contributed by atoms with Gasteiger partial charge in [0.2, 0.25) is 0 Å². The molecule has 0 bridgehead atoms. The molecule has 34 heavy (non-hydrogen) atoms. The van der Waals surface area contributed by atoms with Crippen molar-refractivity contribution >= 4 is 5.97 Å². The molecule has 6 heteroatoms. The summed E-state index contributed by atoms with van der Waals surface area (Å²) in [5, 5.41) is 0. The number of methoxy groups -OCH3 is 1. The van der Waals surface area contributed by atoms with Crippen molar-refractivity contribution in [3.8, 4) is 0 Å². The van der Waals surface area contributed by atoms with Crippen LogP contribution in [0, 0.1) is 28.6 Å². The van der Waals surface area contributed by atoms with Gasteiger partial charge in [0.15, 0.2) is 17.7 Å². The standard InChI is InChI=1S/C28H42O6/c1-25-13-14-27(32-16-17-33-27)18-19(25)7-8-20-21(25)9-11-26(2)22(20)10-12-28(26,24(29)30-3)34-23-6-4-5-15-31-23/h7,20-23H,4-6,8-18H2,1-3H3/t20?,21?,22?,23?,25-,26-,28-/m0/s1. The van der Waals surface area contributed by atoms with Crippen LogP contribution in [0.1, 0.15) is 84.5 Å². The van der Waals surface area contributed by atoms with Crippen molar-refractivity contribution in [2.24, 2.45) is 28.6 Å². The molecule has 6 nitrogen and oxygen atoms in total. The molecule has 1 spiro atoms. The fourth-order valence-electron chi connectivity index (χ4n) is 9.12. The first-order chi connectivity index (χ1) is 16.4. The molecule has 7 atom stereocenters. The number of fused-ring (bicyclic) bond motifs is 5. The molecule has 0 aromatic carbocycles. The molecule has 0 amide bonds. The number of esters is 1. The number of allylic oxidation sites excluding steroid dienone is 1. The van der Waals surface area contributed by atoms with Crippen LogP contribution in [0.3, 0.4) is 0 Å². The van der Waals surface area contributed by atoms with Crippen LogP contribution in [-0.4, -0.2) is 50.6 Å². The van der Waals surface area contributed by atoms with Gasteiger partial charge in [0.25, 0.3) is 0 Å². The maximum atomic E-state index is 13.4. The average molecular weight is 475 g/mol. The highest BCUT2D eigenvalue weighted by Gasteiger charge is 2.69. The predicted octanol–water partition coefficient (Wildman–Crippen LogP) is 5.15. The van der Waals surface area contributed by atoms with Crippen LogP contribution in [0.2, 0.25) is 0 Å². The van der Waals surface area contributed by atoms with Crippen molar-refractivity contribution in [2.75, 3.05) is 26.9 Å². The Bertz CT molecular complexity index is 842. The second-order valence-corrected chi connectivity index (χ2v) is 12.3. The lowest BCUT2D eigenvalue weighted by molar-refractivity contribution is -0.264. The summed E-state index contributed by atoms with van der Waals surface area (Å²) >= 11 is 0. The third-order valence-electron chi connectivity index (χ3n) is 11.0. The van der Waals surface area contributed by atoms with Gasteiger partial charge < -0.3 is 23.7 Å². The van der Waals surface area contributed by atoms with Crippen LogP contribution in [0.15, 0.2) is 11.6 Å². The zero-order valence-electron chi connectivity index (χ0n) is 21.2. The second-order valence-electron chi connectivity index (χ2n) is 12.3. The molecule has 6 aliphatic rings. The first kappa shape index (κ1) is 23.4. The summed E-state index contributed by atoms with van der Waals surface area (Å²) in [7, 11) is 1.51. The van der Waals surface area contributed by atoms with E-state index < -0.39 is 5.60 Å². The topological polar surface area (TPSA) is 63.2 Å². The normalized spacial score (nSPS) is 47.4. The van der Waals surface area contributed by atoms with Crippen LogP contribution < -0.4 is 0 Å². The van der Waals surface area contributed by atoms with Crippen molar-refractivity contribution in [3.05, 3.63) is 11.6 Å². The summed E-state index contributed by atoms with van der Waals surface area (Å²) in [5.74, 6) is 1.11. The van der Waals surface area contributed by atoms with E-state index in [0.29, 0.717) is 24.4 Å². The lowest BCUT2D eigenvalue weighted by Gasteiger charge is -2.59. The highest BCUT2D eigenvalue weighted by Crippen LogP contribution is 2.69. The summed E-state index contributed by atoms with van der Waals surface area (Å²) in [4.78, 5) is 13.4. The number of carbonyl (C=O) groups excluding carboxylic acids is 1. The van der Waals surface area contributed by atoms with E-state index in [-0.39, 0.29) is 28.9 Å². The highest BCUT2D eigenvalue weighted by molar-refractivity contribution is 5.81. The monoisotopic (exact) mass is 474 g/mol. The molecule has 0 aromatic heterocycles. The fourth-order valence-corrected chi connectivity index (χ4v) is 9.12. The first-order valence-electron chi connectivity index (χ1n) is 13.7. The van der Waals surface area contributed by atoms with Gasteiger partial charge in [0, 0.05) is 24.9 Å². The van der Waals surface area contributed by atoms with E-state index in [1.54, 1.807) is 5.57 Å². The van der Waals surface area contributed by atoms with Gasteiger partial charge in [-0.05, 0) is 81.0 Å². The van der Waals surface area contributed by atoms with Gasteiger partial charge in [-0.15, -0.1) is 0 Å². The van der Waals surface area contributed by atoms with Gasteiger partial charge in [0.05, 0.1) is 20.3 Å². The van der Waals surface area contributed by atoms with E-state index in [1.165, 1.54) is 7.11 Å². The second kappa shape index (κ2) is 8.29. The quantitative estimate of drug-likeness (QED) is 0.417. The molecule has 0 aromatic rings. The average Bonchev–Trinajstić information content (AvgIpc) is 3.42. The smallest absolute Gasteiger partial charge is 0.338 e. The zero-order valence-corrected chi connectivity index (χ0v) is 21.2. The summed E-state index contributed by atoms with van der Waals surface area (Å²) < 4.78 is 30.3. The van der Waals surface area contributed by atoms with E-state index in [1.807, 2.05) is 0 Å². The molecule has 2 aliphatic heterocycles. The Morgan fingerprint density at radius 1 is 0.971 bits per heavy atom. The van der Waals surface area contributed by atoms with Crippen LogP contribution in [0.25, 0.3) is 0 Å². The van der Waals surface area contributed by atoms with E-state index in [9.17, 15) is 4.79 Å². The largest absolute Gasteiger partial charge is 0.467 e. The van der Waals surface area contributed by atoms with Crippen LogP contribution in [0.5, 0.6) is 0 Å². The number of carbonyl (C=O) groups is 1. The minimum absolute atomic E-state index is 0.196. The van der Waals surface area contributed by atoms with E-state index in [4.69, 9.17) is 23.7 Å². The van der Waals surface area contributed by atoms with Crippen LogP contribution in [0.4, 0.5) is 0 Å². The van der Waals surface area contributed by atoms with Crippen LogP contribution >= 0.6 is 0 Å². The Hall–Kier alpha value is -0.950. The van der Waals surface area contributed by atoms with Crippen molar-refractivity contribution < 1.29 is 28.5 Å². The summed E-state index contributed by atoms with van der Waals surface area (Å²) in [6.07, 6.45) is 13.3. The lowest BCUT2D eigenvalue weighted by atomic mass is 9.46. The fraction of sp³-hybridized carbons (Fsp3) is 0.893. The number of ether oxygens (including phenoxy) is 5. The lowest BCUT2D eigenvalue weighted by Crippen LogP contribution is -2.60. The van der Waals surface area contributed by atoms with Crippen molar-refractivity contribution in [2.45, 2.75) is 102 Å². The van der Waals surface area contributed by atoms with Crippen molar-refractivity contribution in [3.63, 3.8) is 0 Å². The molecule has 4 aliphatic carbocycles. The SMILES string of the molecule is COC(=O)[C@@]1(OC2CCCCO2)CCC2C3CC=C4CC5(CC[C@]4(C)C3CC[C@@]21C)OCCO5. The molecule has 2 heterocycles. The molecule has 0 radical (unpaired) electrons. The van der Waals surface area contributed by atoms with Gasteiger partial charge in [-0.25, -0.2) is 4.79 Å². The predicted molar refractivity (Wildman–Crippen MR) is 126 cm³/mol. The Labute approximate surface area is 204 Å². The van der Waals surface area contributed by atoms with E-state index in [2.05, 4.69) is 19.9 Å². The molecular weight excluding hydrogens is 432 g/mol. The minimum Gasteiger partial charge on any atom is -0.467 e. The van der Waals surface area contributed by atoms with Gasteiger partial charge in [-0.1, -0.05) is 25.5 Å². The third-order valence-corrected chi connectivity index (χ3v) is 11.0. The summed E-state index contributed by atoms with van der Waals surface area (Å²) in [6, 6.07) is 0. The van der Waals surface area contributed by atoms with E-state index >= 15 is 0 Å². The van der Waals surface area contributed by atoms with E-state index in [0.717, 1.165) is 83.8 Å². The molecule has 6 rings (SSSR count). The van der Waals surface area contributed by atoms with Crippen molar-refractivity contribution in [1.82, 2.24) is 0 Å². The molecule has 190 valence electrons. The molecule has 3 saturated carbocycles. The first-order valence-corrected chi connectivity index (χ1v) is 13.7. The Balaban J connectivity index is 1.29. The highest BCUT2D eigenvalue weighted by atomic mass is 16.7. The van der Waals surface area contributed by atoms with Gasteiger partial charge >= 0.3 is 5.97 Å². The Morgan fingerprint density at radius 2 is 1.76 bits per heavy atom. The third kappa shape index (κ3) is 3.24. The summed E-state index contributed by atoms with van der Waals surface area (Å²) in [5.41, 5.74) is 0.632. The Morgan fingerprint density at radius 3 is 2.50 bits per heavy atom. The molecule has 0 N–H and O–H groups in total. The molecular formula is C28H42O6. The molecule has 5 fully saturated rings. The maximum Gasteiger partial charge on any atom is 0.338 e. The summed E-state index contributed by atoms with van der Waals surface area (Å²) in [6.45, 7) is 6.97. The maximum absolute atomic E-state index is 13.4. The van der Waals surface area contributed by atoms with Gasteiger partial charge in [0.1, 0.15) is 0 Å². The van der Waals surface area contributed by atoms with Crippen LogP contribution in [-0.2, 0) is 28.5 Å². The number of hydrogen-bond donors (Lipinski definition) is 0. The van der Waals surface area contributed by atoms with Gasteiger partial charge in [-0.2, -0.15) is 0 Å².